The molecule has 2 heterocycles. The molecule has 0 aliphatic carbocycles. The molecule has 130 valence electrons. The first-order valence-electron chi connectivity index (χ1n) is 6.93. The molecule has 1 aromatic carbocycles. The van der Waals surface area contributed by atoms with Gasteiger partial charge in [0, 0.05) is 24.4 Å². The lowest BCUT2D eigenvalue weighted by molar-refractivity contribution is -0.274. The summed E-state index contributed by atoms with van der Waals surface area (Å²) >= 11 is 0. The maximum Gasteiger partial charge on any atom is 0.573 e. The first-order valence-corrected chi connectivity index (χ1v) is 6.93. The van der Waals surface area contributed by atoms with Crippen molar-refractivity contribution >= 4 is 11.6 Å². The molecule has 3 aromatic rings. The van der Waals surface area contributed by atoms with Crippen LogP contribution < -0.4 is 10.1 Å². The highest BCUT2D eigenvalue weighted by atomic mass is 19.4. The molecule has 6 nitrogen and oxygen atoms in total. The van der Waals surface area contributed by atoms with Gasteiger partial charge in [0.2, 0.25) is 0 Å². The van der Waals surface area contributed by atoms with Gasteiger partial charge >= 0.3 is 6.36 Å². The number of fused-ring (bicyclic) bond motifs is 1. The standard InChI is InChI=1S/C15H10F4N4O2/c16-12-5-11(25-15(17,18)19)3-1-9(12)6-20-14(24)10-2-4-13-21-8-22-23(13)7-10/h1-5,7-8H,6H2,(H,20,24). The number of pyridine rings is 1. The Morgan fingerprint density at radius 3 is 2.76 bits per heavy atom. The third kappa shape index (κ3) is 4.03. The van der Waals surface area contributed by atoms with E-state index in [9.17, 15) is 22.4 Å². The number of halogens is 4. The van der Waals surface area contributed by atoms with Gasteiger partial charge in [-0.05, 0) is 18.2 Å². The Hall–Kier alpha value is -3.17. The van der Waals surface area contributed by atoms with Crippen molar-refractivity contribution in [2.24, 2.45) is 0 Å². The summed E-state index contributed by atoms with van der Waals surface area (Å²) in [7, 11) is 0. The second kappa shape index (κ2) is 6.38. The van der Waals surface area contributed by atoms with Gasteiger partial charge in [0.05, 0.1) is 5.56 Å². The molecular formula is C15H10F4N4O2. The van der Waals surface area contributed by atoms with Gasteiger partial charge in [0.25, 0.3) is 5.91 Å². The average Bonchev–Trinajstić information content (AvgIpc) is 2.99. The molecule has 2 aromatic heterocycles. The number of aromatic nitrogens is 3. The molecule has 0 atom stereocenters. The van der Waals surface area contributed by atoms with E-state index in [2.05, 4.69) is 20.1 Å². The van der Waals surface area contributed by atoms with Gasteiger partial charge in [0.1, 0.15) is 17.9 Å². The van der Waals surface area contributed by atoms with E-state index >= 15 is 0 Å². The van der Waals surface area contributed by atoms with Crippen LogP contribution in [0.4, 0.5) is 17.6 Å². The molecular weight excluding hydrogens is 344 g/mol. The number of hydrogen-bond acceptors (Lipinski definition) is 4. The van der Waals surface area contributed by atoms with Gasteiger partial charge in [-0.15, -0.1) is 13.2 Å². The first kappa shape index (κ1) is 16.7. The number of hydrogen-bond donors (Lipinski definition) is 1. The Kier molecular flexibility index (Phi) is 4.26. The molecule has 0 aliphatic rings. The van der Waals surface area contributed by atoms with Crippen LogP contribution in [0.3, 0.4) is 0 Å². The Morgan fingerprint density at radius 2 is 2.04 bits per heavy atom. The SMILES string of the molecule is O=C(NCc1ccc(OC(F)(F)F)cc1F)c1ccc2ncnn2c1. The minimum absolute atomic E-state index is 0.0182. The number of ether oxygens (including phenoxy) is 1. The molecule has 0 aliphatic heterocycles. The lowest BCUT2D eigenvalue weighted by Crippen LogP contribution is -2.23. The van der Waals surface area contributed by atoms with Gasteiger partial charge in [-0.2, -0.15) is 5.10 Å². The van der Waals surface area contributed by atoms with E-state index < -0.39 is 23.8 Å². The van der Waals surface area contributed by atoms with Crippen molar-refractivity contribution in [3.05, 3.63) is 59.8 Å². The Labute approximate surface area is 138 Å². The van der Waals surface area contributed by atoms with Crippen LogP contribution in [-0.2, 0) is 6.54 Å². The second-order valence-corrected chi connectivity index (χ2v) is 4.96. The minimum Gasteiger partial charge on any atom is -0.406 e. The van der Waals surface area contributed by atoms with Crippen LogP contribution in [0.2, 0.25) is 0 Å². The molecule has 1 N–H and O–H groups in total. The number of rotatable bonds is 4. The minimum atomic E-state index is -4.90. The average molecular weight is 354 g/mol. The Bertz CT molecular complexity index is 923. The zero-order valence-electron chi connectivity index (χ0n) is 12.4. The number of alkyl halides is 3. The highest BCUT2D eigenvalue weighted by Gasteiger charge is 2.31. The van der Waals surface area contributed by atoms with Crippen LogP contribution >= 0.6 is 0 Å². The summed E-state index contributed by atoms with van der Waals surface area (Å²) in [5, 5.41) is 6.37. The topological polar surface area (TPSA) is 68.5 Å². The highest BCUT2D eigenvalue weighted by molar-refractivity contribution is 5.94. The number of benzene rings is 1. The molecule has 10 heteroatoms. The molecule has 3 rings (SSSR count). The molecule has 0 radical (unpaired) electrons. The predicted octanol–water partition coefficient (Wildman–Crippen LogP) is 2.70. The van der Waals surface area contributed by atoms with Crippen LogP contribution in [0.25, 0.3) is 5.65 Å². The molecule has 25 heavy (non-hydrogen) atoms. The van der Waals surface area contributed by atoms with Crippen LogP contribution in [0.15, 0.2) is 42.9 Å². The van der Waals surface area contributed by atoms with Gasteiger partial charge in [-0.3, -0.25) is 4.79 Å². The van der Waals surface area contributed by atoms with Gasteiger partial charge in [0.15, 0.2) is 5.65 Å². The van der Waals surface area contributed by atoms with Crippen molar-refractivity contribution in [2.45, 2.75) is 12.9 Å². The van der Waals surface area contributed by atoms with E-state index in [0.717, 1.165) is 12.1 Å². The van der Waals surface area contributed by atoms with E-state index in [1.807, 2.05) is 0 Å². The van der Waals surface area contributed by atoms with Crippen LogP contribution in [0.5, 0.6) is 5.75 Å². The summed E-state index contributed by atoms with van der Waals surface area (Å²) in [4.78, 5) is 16.0. The summed E-state index contributed by atoms with van der Waals surface area (Å²) in [5.41, 5.74) is 0.850. The van der Waals surface area contributed by atoms with E-state index in [0.29, 0.717) is 11.7 Å². The predicted molar refractivity (Wildman–Crippen MR) is 77.2 cm³/mol. The summed E-state index contributed by atoms with van der Waals surface area (Å²) in [6.45, 7) is -0.202. The normalized spacial score (nSPS) is 11.5. The fraction of sp³-hybridized carbons (Fsp3) is 0.133. The molecule has 0 spiro atoms. The van der Waals surface area contributed by atoms with Crippen molar-refractivity contribution in [3.8, 4) is 5.75 Å². The van der Waals surface area contributed by atoms with Crippen molar-refractivity contribution in [2.75, 3.05) is 0 Å². The van der Waals surface area contributed by atoms with Crippen molar-refractivity contribution in [1.29, 1.82) is 0 Å². The molecule has 0 bridgehead atoms. The summed E-state index contributed by atoms with van der Waals surface area (Å²) in [5.74, 6) is -2.09. The molecule has 1 amide bonds. The number of nitrogens with one attached hydrogen (secondary N) is 1. The molecule has 0 saturated heterocycles. The third-order valence-electron chi connectivity index (χ3n) is 3.23. The summed E-state index contributed by atoms with van der Waals surface area (Å²) < 4.78 is 55.1. The highest BCUT2D eigenvalue weighted by Crippen LogP contribution is 2.24. The van der Waals surface area contributed by atoms with Crippen molar-refractivity contribution in [1.82, 2.24) is 19.9 Å². The number of nitrogens with zero attached hydrogens (tertiary/aromatic N) is 3. The maximum absolute atomic E-state index is 13.8. The quantitative estimate of drug-likeness (QED) is 0.732. The number of amides is 1. The van der Waals surface area contributed by atoms with Gasteiger partial charge < -0.3 is 10.1 Å². The summed E-state index contributed by atoms with van der Waals surface area (Å²) in [6, 6.07) is 5.80. The van der Waals surface area contributed by atoms with Gasteiger partial charge in [-0.1, -0.05) is 6.07 Å². The van der Waals surface area contributed by atoms with E-state index in [4.69, 9.17) is 0 Å². The van der Waals surface area contributed by atoms with Gasteiger partial charge in [-0.25, -0.2) is 13.9 Å². The zero-order valence-corrected chi connectivity index (χ0v) is 12.4. The lowest BCUT2D eigenvalue weighted by atomic mass is 10.2. The van der Waals surface area contributed by atoms with Crippen molar-refractivity contribution < 1.29 is 27.1 Å². The van der Waals surface area contributed by atoms with Crippen LogP contribution in [0, 0.1) is 5.82 Å². The molecule has 0 saturated carbocycles. The molecule has 0 fully saturated rings. The maximum atomic E-state index is 13.8. The second-order valence-electron chi connectivity index (χ2n) is 4.96. The summed E-state index contributed by atoms with van der Waals surface area (Å²) in [6.07, 6.45) is -2.12. The third-order valence-corrected chi connectivity index (χ3v) is 3.23. The Morgan fingerprint density at radius 1 is 1.24 bits per heavy atom. The largest absolute Gasteiger partial charge is 0.573 e. The smallest absolute Gasteiger partial charge is 0.406 e. The van der Waals surface area contributed by atoms with E-state index in [1.165, 1.54) is 23.1 Å². The fourth-order valence-corrected chi connectivity index (χ4v) is 2.10. The van der Waals surface area contributed by atoms with Crippen molar-refractivity contribution in [3.63, 3.8) is 0 Å². The number of carbonyl (C=O) groups is 1. The van der Waals surface area contributed by atoms with Crippen LogP contribution in [-0.4, -0.2) is 26.9 Å². The first-order chi connectivity index (χ1) is 11.8. The van der Waals surface area contributed by atoms with Crippen LogP contribution in [0.1, 0.15) is 15.9 Å². The van der Waals surface area contributed by atoms with E-state index in [1.54, 1.807) is 6.07 Å². The number of carbonyl (C=O) groups excluding carboxylic acids is 1. The monoisotopic (exact) mass is 354 g/mol. The molecule has 0 unspecified atom stereocenters. The zero-order chi connectivity index (χ0) is 18.0. The lowest BCUT2D eigenvalue weighted by Gasteiger charge is -2.11. The Balaban J connectivity index is 1.67. The van der Waals surface area contributed by atoms with E-state index in [-0.39, 0.29) is 17.7 Å². The fourth-order valence-electron chi connectivity index (χ4n) is 2.10.